The normalized spacial score (nSPS) is 15.6. The molecule has 1 heterocycles. The highest BCUT2D eigenvalue weighted by Crippen LogP contribution is 2.41. The first-order valence-corrected chi connectivity index (χ1v) is 7.56. The lowest BCUT2D eigenvalue weighted by Crippen LogP contribution is -2.41. The highest BCUT2D eigenvalue weighted by atomic mass is 19.4. The predicted molar refractivity (Wildman–Crippen MR) is 83.7 cm³/mol. The lowest BCUT2D eigenvalue weighted by molar-refractivity contribution is -0.392. The van der Waals surface area contributed by atoms with Crippen LogP contribution in [0.2, 0.25) is 0 Å². The van der Waals surface area contributed by atoms with E-state index in [0.29, 0.717) is 25.9 Å². The number of carbonyl (C=O) groups is 1. The van der Waals surface area contributed by atoms with Crippen molar-refractivity contribution >= 4 is 23.0 Å². The molecule has 0 radical (unpaired) electrons. The summed E-state index contributed by atoms with van der Waals surface area (Å²) in [4.78, 5) is 33.0. The molecule has 0 saturated carbocycles. The van der Waals surface area contributed by atoms with Crippen LogP contribution in [0.15, 0.2) is 12.1 Å². The molecule has 0 aliphatic carbocycles. The number of benzene rings is 1. The van der Waals surface area contributed by atoms with Crippen LogP contribution in [-0.4, -0.2) is 39.8 Å². The summed E-state index contributed by atoms with van der Waals surface area (Å²) in [5.41, 5.74) is -4.05. The standard InChI is InChI=1S/C14H15F3N4O5/c1-8(22)19-4-2-10(3-5-19)18-13-11(20(23)24)6-9(14(15,16)17)7-12(13)21(25)26/h6-7,10,18H,2-5H2,1H3. The Kier molecular flexibility index (Phi) is 5.33. The summed E-state index contributed by atoms with van der Waals surface area (Å²) >= 11 is 0. The smallest absolute Gasteiger partial charge is 0.371 e. The molecule has 2 rings (SSSR count). The zero-order chi connectivity index (χ0) is 19.6. The van der Waals surface area contributed by atoms with Crippen molar-refractivity contribution in [3.05, 3.63) is 37.9 Å². The monoisotopic (exact) mass is 376 g/mol. The summed E-state index contributed by atoms with van der Waals surface area (Å²) in [5.74, 6) is -0.144. The maximum Gasteiger partial charge on any atom is 0.416 e. The minimum absolute atomic E-state index is 0.144. The first-order valence-electron chi connectivity index (χ1n) is 7.56. The average Bonchev–Trinajstić information content (AvgIpc) is 2.53. The predicted octanol–water partition coefficient (Wildman–Crippen LogP) is 2.94. The number of hydrogen-bond donors (Lipinski definition) is 1. The minimum atomic E-state index is -4.96. The van der Waals surface area contributed by atoms with Crippen molar-refractivity contribution in [3.63, 3.8) is 0 Å². The molecular formula is C14H15F3N4O5. The maximum absolute atomic E-state index is 12.9. The summed E-state index contributed by atoms with van der Waals surface area (Å²) in [7, 11) is 0. The van der Waals surface area contributed by atoms with E-state index in [1.54, 1.807) is 4.90 Å². The number of nitro benzene ring substituents is 2. The zero-order valence-electron chi connectivity index (χ0n) is 13.6. The molecule has 0 atom stereocenters. The third-order valence-corrected chi connectivity index (χ3v) is 4.11. The molecule has 1 N–H and O–H groups in total. The number of nitrogens with one attached hydrogen (secondary N) is 1. The van der Waals surface area contributed by atoms with Gasteiger partial charge >= 0.3 is 6.18 Å². The lowest BCUT2D eigenvalue weighted by Gasteiger charge is -2.32. The van der Waals surface area contributed by atoms with E-state index in [1.165, 1.54) is 6.92 Å². The highest BCUT2D eigenvalue weighted by Gasteiger charge is 2.38. The van der Waals surface area contributed by atoms with Gasteiger partial charge in [0.05, 0.1) is 15.4 Å². The Morgan fingerprint density at radius 2 is 1.62 bits per heavy atom. The molecule has 1 aromatic carbocycles. The minimum Gasteiger partial charge on any atom is -0.371 e. The van der Waals surface area contributed by atoms with E-state index in [4.69, 9.17) is 0 Å². The molecule has 26 heavy (non-hydrogen) atoms. The third-order valence-electron chi connectivity index (χ3n) is 4.11. The van der Waals surface area contributed by atoms with Crippen molar-refractivity contribution in [2.75, 3.05) is 18.4 Å². The van der Waals surface area contributed by atoms with Gasteiger partial charge in [-0.2, -0.15) is 13.2 Å². The summed E-state index contributed by atoms with van der Waals surface area (Å²) < 4.78 is 38.6. The number of alkyl halides is 3. The Balaban J connectivity index is 2.39. The summed E-state index contributed by atoms with van der Waals surface area (Å²) in [6.07, 6.45) is -4.25. The SMILES string of the molecule is CC(=O)N1CCC(Nc2c([N+](=O)[O-])cc(C(F)(F)F)cc2[N+](=O)[O-])CC1. The fraction of sp³-hybridized carbons (Fsp3) is 0.500. The molecule has 9 nitrogen and oxygen atoms in total. The number of hydrogen-bond acceptors (Lipinski definition) is 6. The topological polar surface area (TPSA) is 119 Å². The second kappa shape index (κ2) is 7.14. The van der Waals surface area contributed by atoms with Crippen molar-refractivity contribution in [3.8, 4) is 0 Å². The van der Waals surface area contributed by atoms with Gasteiger partial charge in [0.1, 0.15) is 0 Å². The number of amides is 1. The van der Waals surface area contributed by atoms with Crippen LogP contribution in [0.25, 0.3) is 0 Å². The molecular weight excluding hydrogens is 361 g/mol. The highest BCUT2D eigenvalue weighted by molar-refractivity contribution is 5.76. The second-order valence-electron chi connectivity index (χ2n) is 5.83. The number of likely N-dealkylation sites (tertiary alicyclic amines) is 1. The molecule has 0 spiro atoms. The molecule has 1 amide bonds. The molecule has 1 fully saturated rings. The Morgan fingerprint density at radius 3 is 1.96 bits per heavy atom. The summed E-state index contributed by atoms with van der Waals surface area (Å²) in [5, 5.41) is 25.0. The number of nitro groups is 2. The van der Waals surface area contributed by atoms with Gasteiger partial charge in [-0.05, 0) is 12.8 Å². The van der Waals surface area contributed by atoms with Gasteiger partial charge in [-0.15, -0.1) is 0 Å². The first kappa shape index (κ1) is 19.4. The molecule has 0 bridgehead atoms. The van der Waals surface area contributed by atoms with Crippen LogP contribution in [0.4, 0.5) is 30.2 Å². The van der Waals surface area contributed by atoms with E-state index in [1.807, 2.05) is 0 Å². The van der Waals surface area contributed by atoms with Gasteiger partial charge in [-0.1, -0.05) is 0 Å². The van der Waals surface area contributed by atoms with Gasteiger partial charge in [0, 0.05) is 38.2 Å². The van der Waals surface area contributed by atoms with Gasteiger partial charge in [-0.25, -0.2) is 0 Å². The molecule has 142 valence electrons. The lowest BCUT2D eigenvalue weighted by atomic mass is 10.0. The van der Waals surface area contributed by atoms with Crippen LogP contribution < -0.4 is 5.32 Å². The van der Waals surface area contributed by atoms with Crippen molar-refractivity contribution in [2.24, 2.45) is 0 Å². The van der Waals surface area contributed by atoms with E-state index < -0.39 is 44.7 Å². The van der Waals surface area contributed by atoms with E-state index in [-0.39, 0.29) is 18.0 Å². The van der Waals surface area contributed by atoms with Crippen LogP contribution in [0.5, 0.6) is 0 Å². The Morgan fingerprint density at radius 1 is 1.15 bits per heavy atom. The van der Waals surface area contributed by atoms with Gasteiger partial charge in [0.15, 0.2) is 5.69 Å². The summed E-state index contributed by atoms with van der Waals surface area (Å²) in [6.45, 7) is 2.07. The zero-order valence-corrected chi connectivity index (χ0v) is 13.6. The van der Waals surface area contributed by atoms with Crippen molar-refractivity contribution in [1.82, 2.24) is 4.90 Å². The molecule has 1 aliphatic rings. The van der Waals surface area contributed by atoms with Crippen molar-refractivity contribution in [1.29, 1.82) is 0 Å². The Hall–Kier alpha value is -2.92. The molecule has 1 aromatic rings. The van der Waals surface area contributed by atoms with E-state index in [9.17, 15) is 38.2 Å². The molecule has 1 saturated heterocycles. The van der Waals surface area contributed by atoms with Gasteiger partial charge in [0.2, 0.25) is 5.91 Å². The van der Waals surface area contributed by atoms with E-state index in [2.05, 4.69) is 5.32 Å². The molecule has 0 unspecified atom stereocenters. The fourth-order valence-electron chi connectivity index (χ4n) is 2.75. The average molecular weight is 376 g/mol. The number of piperidine rings is 1. The number of carbonyl (C=O) groups excluding carboxylic acids is 1. The van der Waals surface area contributed by atoms with Gasteiger partial charge in [0.25, 0.3) is 11.4 Å². The van der Waals surface area contributed by atoms with Crippen LogP contribution >= 0.6 is 0 Å². The van der Waals surface area contributed by atoms with Crippen LogP contribution in [-0.2, 0) is 11.0 Å². The van der Waals surface area contributed by atoms with E-state index >= 15 is 0 Å². The quantitative estimate of drug-likeness (QED) is 0.637. The molecule has 0 aromatic heterocycles. The van der Waals surface area contributed by atoms with Gasteiger partial charge < -0.3 is 10.2 Å². The maximum atomic E-state index is 12.9. The number of anilines is 1. The van der Waals surface area contributed by atoms with Gasteiger partial charge in [-0.3, -0.25) is 25.0 Å². The van der Waals surface area contributed by atoms with Crippen molar-refractivity contribution in [2.45, 2.75) is 32.0 Å². The molecule has 12 heteroatoms. The second-order valence-corrected chi connectivity index (χ2v) is 5.83. The number of halogens is 3. The third kappa shape index (κ3) is 4.18. The fourth-order valence-corrected chi connectivity index (χ4v) is 2.75. The van der Waals surface area contributed by atoms with E-state index in [0.717, 1.165) is 0 Å². The van der Waals surface area contributed by atoms with Crippen molar-refractivity contribution < 1.29 is 27.8 Å². The Labute approximate surface area is 145 Å². The van der Waals surface area contributed by atoms with Crippen LogP contribution in [0, 0.1) is 20.2 Å². The van der Waals surface area contributed by atoms with Crippen LogP contribution in [0.3, 0.4) is 0 Å². The Bertz CT molecular complexity index is 710. The van der Waals surface area contributed by atoms with Crippen LogP contribution in [0.1, 0.15) is 25.3 Å². The summed E-state index contributed by atoms with van der Waals surface area (Å²) in [6, 6.07) is 0.111. The number of nitrogens with zero attached hydrogens (tertiary/aromatic N) is 3. The first-order chi connectivity index (χ1) is 12.0. The molecule has 1 aliphatic heterocycles. The number of rotatable bonds is 4. The largest absolute Gasteiger partial charge is 0.416 e.